The van der Waals surface area contributed by atoms with E-state index in [0.717, 1.165) is 4.88 Å². The minimum atomic E-state index is -0.500. The number of thiophene rings is 1. The summed E-state index contributed by atoms with van der Waals surface area (Å²) in [5.74, 6) is -0.336. The zero-order valence-electron chi connectivity index (χ0n) is 12.6. The Morgan fingerprint density at radius 1 is 1.38 bits per heavy atom. The molecular formula is C15H19N3O2S. The minimum Gasteiger partial charge on any atom is -0.346 e. The Labute approximate surface area is 127 Å². The normalized spacial score (nSPS) is 11.4. The molecule has 6 heteroatoms. The first-order valence-corrected chi connectivity index (χ1v) is 7.53. The molecule has 0 aliphatic carbocycles. The molecule has 0 saturated carbocycles. The summed E-state index contributed by atoms with van der Waals surface area (Å²) in [7, 11) is 0. The fourth-order valence-corrected chi connectivity index (χ4v) is 2.65. The Kier molecular flexibility index (Phi) is 4.27. The van der Waals surface area contributed by atoms with E-state index in [1.807, 2.05) is 39.8 Å². The highest BCUT2D eigenvalue weighted by molar-refractivity contribution is 7.11. The lowest BCUT2D eigenvalue weighted by molar-refractivity contribution is 0.0945. The van der Waals surface area contributed by atoms with E-state index in [-0.39, 0.29) is 17.0 Å². The van der Waals surface area contributed by atoms with Gasteiger partial charge in [-0.05, 0) is 25.1 Å². The lowest BCUT2D eigenvalue weighted by atomic mass is 9.91. The number of hydrogen-bond donors (Lipinski definition) is 2. The average Bonchev–Trinajstić information content (AvgIpc) is 2.80. The monoisotopic (exact) mass is 305 g/mol. The summed E-state index contributed by atoms with van der Waals surface area (Å²) in [6.07, 6.45) is 0. The Hall–Kier alpha value is -1.95. The van der Waals surface area contributed by atoms with Gasteiger partial charge >= 0.3 is 5.69 Å². The van der Waals surface area contributed by atoms with Gasteiger partial charge in [0, 0.05) is 20.9 Å². The molecule has 0 saturated heterocycles. The second kappa shape index (κ2) is 5.81. The Bertz CT molecular complexity index is 710. The number of carbonyl (C=O) groups is 1. The van der Waals surface area contributed by atoms with Crippen LogP contribution in [0.25, 0.3) is 0 Å². The molecular weight excluding hydrogens is 286 g/mol. The van der Waals surface area contributed by atoms with Crippen molar-refractivity contribution in [2.75, 3.05) is 0 Å². The van der Waals surface area contributed by atoms with Gasteiger partial charge in [-0.15, -0.1) is 11.3 Å². The summed E-state index contributed by atoms with van der Waals surface area (Å²) in [6.45, 7) is 8.36. The maximum atomic E-state index is 12.1. The van der Waals surface area contributed by atoms with Crippen LogP contribution in [0, 0.1) is 6.92 Å². The molecule has 21 heavy (non-hydrogen) atoms. The number of aryl methyl sites for hydroxylation is 1. The summed E-state index contributed by atoms with van der Waals surface area (Å²) in [5, 5.41) is 2.79. The van der Waals surface area contributed by atoms with Crippen molar-refractivity contribution in [3.05, 3.63) is 49.8 Å². The highest BCUT2D eigenvalue weighted by Gasteiger charge is 2.18. The number of nitrogens with one attached hydrogen (secondary N) is 2. The summed E-state index contributed by atoms with van der Waals surface area (Å²) in [5.41, 5.74) is 0.0956. The predicted molar refractivity (Wildman–Crippen MR) is 83.8 cm³/mol. The first-order valence-electron chi connectivity index (χ1n) is 6.71. The van der Waals surface area contributed by atoms with Gasteiger partial charge in [0.05, 0.1) is 6.54 Å². The van der Waals surface area contributed by atoms with Gasteiger partial charge in [0.1, 0.15) is 5.69 Å². The zero-order valence-corrected chi connectivity index (χ0v) is 13.4. The summed E-state index contributed by atoms with van der Waals surface area (Å²) < 4.78 is 0. The molecule has 0 radical (unpaired) electrons. The van der Waals surface area contributed by atoms with E-state index in [1.165, 1.54) is 4.88 Å². The van der Waals surface area contributed by atoms with Gasteiger partial charge < -0.3 is 10.3 Å². The second-order valence-electron chi connectivity index (χ2n) is 5.93. The van der Waals surface area contributed by atoms with Crippen LogP contribution in [0.4, 0.5) is 0 Å². The van der Waals surface area contributed by atoms with E-state index in [1.54, 1.807) is 17.4 Å². The van der Waals surface area contributed by atoms with Crippen LogP contribution < -0.4 is 11.0 Å². The van der Waals surface area contributed by atoms with Crippen molar-refractivity contribution in [3.8, 4) is 0 Å². The molecule has 0 unspecified atom stereocenters. The maximum Gasteiger partial charge on any atom is 0.345 e. The molecule has 0 bridgehead atoms. The van der Waals surface area contributed by atoms with Crippen LogP contribution in [0.5, 0.6) is 0 Å². The smallest absolute Gasteiger partial charge is 0.345 e. The van der Waals surface area contributed by atoms with Crippen molar-refractivity contribution in [2.24, 2.45) is 0 Å². The maximum absolute atomic E-state index is 12.1. The number of amides is 1. The van der Waals surface area contributed by atoms with Crippen LogP contribution in [0.3, 0.4) is 0 Å². The zero-order chi connectivity index (χ0) is 15.6. The largest absolute Gasteiger partial charge is 0.346 e. The fourth-order valence-electron chi connectivity index (χ4n) is 1.82. The Balaban J connectivity index is 2.15. The molecule has 5 nitrogen and oxygen atoms in total. The number of nitrogens with zero attached hydrogens (tertiary/aromatic N) is 1. The van der Waals surface area contributed by atoms with Crippen LogP contribution >= 0.6 is 11.3 Å². The van der Waals surface area contributed by atoms with Crippen LogP contribution in [0.15, 0.2) is 23.0 Å². The van der Waals surface area contributed by atoms with Gasteiger partial charge in [-0.3, -0.25) is 4.79 Å². The van der Waals surface area contributed by atoms with E-state index >= 15 is 0 Å². The van der Waals surface area contributed by atoms with Crippen molar-refractivity contribution < 1.29 is 4.79 Å². The topological polar surface area (TPSA) is 74.8 Å². The molecule has 1 amide bonds. The quantitative estimate of drug-likeness (QED) is 0.914. The first kappa shape index (κ1) is 15.4. The summed E-state index contributed by atoms with van der Waals surface area (Å²) >= 11 is 1.63. The SMILES string of the molecule is Cc1ccc(CNC(=O)c2cc(C(C)(C)C)[nH]c(=O)n2)s1. The number of aromatic nitrogens is 2. The number of rotatable bonds is 3. The van der Waals surface area contributed by atoms with E-state index in [9.17, 15) is 9.59 Å². The average molecular weight is 305 g/mol. The highest BCUT2D eigenvalue weighted by atomic mass is 32.1. The van der Waals surface area contributed by atoms with Crippen LogP contribution in [0.1, 0.15) is 46.7 Å². The molecule has 0 aliphatic heterocycles. The van der Waals surface area contributed by atoms with Gasteiger partial charge in [-0.2, -0.15) is 4.98 Å². The van der Waals surface area contributed by atoms with Gasteiger partial charge in [0.25, 0.3) is 5.91 Å². The molecule has 2 rings (SSSR count). The molecule has 2 aromatic rings. The first-order chi connectivity index (χ1) is 9.75. The summed E-state index contributed by atoms with van der Waals surface area (Å²) in [4.78, 5) is 32.4. The number of H-pyrrole nitrogens is 1. The van der Waals surface area contributed by atoms with Gasteiger partial charge in [0.2, 0.25) is 0 Å². The van der Waals surface area contributed by atoms with Crippen molar-refractivity contribution in [2.45, 2.75) is 39.7 Å². The van der Waals surface area contributed by atoms with Gasteiger partial charge in [-0.25, -0.2) is 4.79 Å². The molecule has 112 valence electrons. The number of aromatic amines is 1. The lowest BCUT2D eigenvalue weighted by Crippen LogP contribution is -2.29. The van der Waals surface area contributed by atoms with Crippen LogP contribution in [0.2, 0.25) is 0 Å². The Morgan fingerprint density at radius 3 is 2.67 bits per heavy atom. The van der Waals surface area contributed by atoms with E-state index in [4.69, 9.17) is 0 Å². The van der Waals surface area contributed by atoms with Crippen molar-refractivity contribution in [1.29, 1.82) is 0 Å². The van der Waals surface area contributed by atoms with E-state index in [2.05, 4.69) is 15.3 Å². The third kappa shape index (κ3) is 4.01. The standard InChI is InChI=1S/C15H19N3O2S/c1-9-5-6-10(21-9)8-16-13(19)11-7-12(15(2,3)4)18-14(20)17-11/h5-7H,8H2,1-4H3,(H,16,19)(H,17,18,20). The number of carbonyl (C=O) groups excluding carboxylic acids is 1. The van der Waals surface area contributed by atoms with Crippen molar-refractivity contribution in [3.63, 3.8) is 0 Å². The van der Waals surface area contributed by atoms with Crippen LogP contribution in [-0.2, 0) is 12.0 Å². The third-order valence-corrected chi connectivity index (χ3v) is 4.01. The third-order valence-electron chi connectivity index (χ3n) is 3.00. The van der Waals surface area contributed by atoms with E-state index in [0.29, 0.717) is 12.2 Å². The molecule has 0 fully saturated rings. The lowest BCUT2D eigenvalue weighted by Gasteiger charge is -2.18. The summed E-state index contributed by atoms with van der Waals surface area (Å²) in [6, 6.07) is 5.62. The molecule has 2 heterocycles. The van der Waals surface area contributed by atoms with Gasteiger partial charge in [0.15, 0.2) is 0 Å². The highest BCUT2D eigenvalue weighted by Crippen LogP contribution is 2.19. The molecule has 2 N–H and O–H groups in total. The minimum absolute atomic E-state index is 0.150. The molecule has 0 aromatic carbocycles. The molecule has 0 aliphatic rings. The van der Waals surface area contributed by atoms with E-state index < -0.39 is 5.69 Å². The van der Waals surface area contributed by atoms with Crippen molar-refractivity contribution in [1.82, 2.24) is 15.3 Å². The number of hydrogen-bond acceptors (Lipinski definition) is 4. The Morgan fingerprint density at radius 2 is 2.10 bits per heavy atom. The molecule has 0 atom stereocenters. The molecule has 2 aromatic heterocycles. The van der Waals surface area contributed by atoms with Gasteiger partial charge in [-0.1, -0.05) is 20.8 Å². The van der Waals surface area contributed by atoms with Crippen LogP contribution in [-0.4, -0.2) is 15.9 Å². The predicted octanol–water partition coefficient (Wildman–Crippen LogP) is 2.37. The fraction of sp³-hybridized carbons (Fsp3) is 0.400. The molecule has 0 spiro atoms. The second-order valence-corrected chi connectivity index (χ2v) is 7.30. The van der Waals surface area contributed by atoms with Crippen molar-refractivity contribution >= 4 is 17.2 Å².